The molecule has 1 aliphatic heterocycles. The lowest BCUT2D eigenvalue weighted by atomic mass is 9.65. The molecule has 2 heteroatoms. The van der Waals surface area contributed by atoms with Gasteiger partial charge in [-0.1, -0.05) is 20.8 Å². The molecule has 0 radical (unpaired) electrons. The summed E-state index contributed by atoms with van der Waals surface area (Å²) in [5.41, 5.74) is -0.522. The zero-order valence-corrected chi connectivity index (χ0v) is 10.9. The number of carbonyl (C=O) groups excluding carboxylic acids is 1. The van der Waals surface area contributed by atoms with Gasteiger partial charge in [0.2, 0.25) is 0 Å². The second kappa shape index (κ2) is 4.14. The summed E-state index contributed by atoms with van der Waals surface area (Å²) in [6.07, 6.45) is 4.65. The average Bonchev–Trinajstić information content (AvgIpc) is 2.26. The van der Waals surface area contributed by atoms with Crippen LogP contribution in [0.15, 0.2) is 0 Å². The first-order valence-electron chi connectivity index (χ1n) is 6.61. The Hall–Kier alpha value is -0.370. The number of aldehydes is 1. The van der Waals surface area contributed by atoms with Crippen LogP contribution in [-0.4, -0.2) is 18.0 Å². The molecule has 4 unspecified atom stereocenters. The molecule has 0 N–H and O–H groups in total. The Balaban J connectivity index is 2.17. The van der Waals surface area contributed by atoms with Gasteiger partial charge in [-0.05, 0) is 49.9 Å². The first-order valence-corrected chi connectivity index (χ1v) is 6.61. The highest BCUT2D eigenvalue weighted by atomic mass is 16.5. The van der Waals surface area contributed by atoms with Gasteiger partial charge in [-0.2, -0.15) is 0 Å². The fourth-order valence-corrected chi connectivity index (χ4v) is 3.57. The molecule has 2 nitrogen and oxygen atoms in total. The van der Waals surface area contributed by atoms with Crippen molar-refractivity contribution < 1.29 is 9.53 Å². The molecule has 2 rings (SSSR count). The van der Waals surface area contributed by atoms with Crippen LogP contribution >= 0.6 is 0 Å². The van der Waals surface area contributed by atoms with Crippen LogP contribution in [0, 0.1) is 23.7 Å². The second-order valence-electron chi connectivity index (χ2n) is 6.26. The van der Waals surface area contributed by atoms with Gasteiger partial charge in [0.1, 0.15) is 5.60 Å². The average molecular weight is 224 g/mol. The van der Waals surface area contributed by atoms with Gasteiger partial charge in [0.05, 0.1) is 6.10 Å². The van der Waals surface area contributed by atoms with Crippen LogP contribution in [0.1, 0.15) is 47.0 Å². The molecule has 2 fully saturated rings. The van der Waals surface area contributed by atoms with E-state index in [0.29, 0.717) is 23.9 Å². The minimum absolute atomic E-state index is 0.294. The second-order valence-corrected chi connectivity index (χ2v) is 6.26. The van der Waals surface area contributed by atoms with Crippen molar-refractivity contribution in [1.29, 1.82) is 0 Å². The van der Waals surface area contributed by atoms with Crippen molar-refractivity contribution in [2.45, 2.75) is 58.7 Å². The molecule has 16 heavy (non-hydrogen) atoms. The fraction of sp³-hybridized carbons (Fsp3) is 0.929. The molecule has 0 aromatic heterocycles. The molecule has 1 aliphatic carbocycles. The highest BCUT2D eigenvalue weighted by Gasteiger charge is 2.46. The number of carbonyl (C=O) groups is 1. The molecule has 0 bridgehead atoms. The maximum absolute atomic E-state index is 11.1. The van der Waals surface area contributed by atoms with E-state index in [-0.39, 0.29) is 0 Å². The SMILES string of the molecule is CC1CC(C)[C@@H](C)C2O[C@](C)(C=O)CCC12. The molecule has 6 atom stereocenters. The summed E-state index contributed by atoms with van der Waals surface area (Å²) in [6.45, 7) is 8.87. The van der Waals surface area contributed by atoms with E-state index in [4.69, 9.17) is 4.74 Å². The smallest absolute Gasteiger partial charge is 0.151 e. The summed E-state index contributed by atoms with van der Waals surface area (Å²) in [5, 5.41) is 0. The van der Waals surface area contributed by atoms with Gasteiger partial charge < -0.3 is 9.53 Å². The van der Waals surface area contributed by atoms with Crippen LogP contribution in [0.5, 0.6) is 0 Å². The zero-order chi connectivity index (χ0) is 11.9. The summed E-state index contributed by atoms with van der Waals surface area (Å²) >= 11 is 0. The molecule has 1 saturated carbocycles. The van der Waals surface area contributed by atoms with E-state index in [0.717, 1.165) is 25.0 Å². The summed E-state index contributed by atoms with van der Waals surface area (Å²) in [6, 6.07) is 0. The summed E-state index contributed by atoms with van der Waals surface area (Å²) < 4.78 is 6.11. The highest BCUT2D eigenvalue weighted by molar-refractivity contribution is 5.61. The van der Waals surface area contributed by atoms with Crippen LogP contribution in [0.25, 0.3) is 0 Å². The van der Waals surface area contributed by atoms with Crippen molar-refractivity contribution in [1.82, 2.24) is 0 Å². The number of hydrogen-bond acceptors (Lipinski definition) is 2. The molecule has 1 saturated heterocycles. The number of hydrogen-bond donors (Lipinski definition) is 0. The van der Waals surface area contributed by atoms with Crippen molar-refractivity contribution in [2.75, 3.05) is 0 Å². The first kappa shape index (κ1) is 12.1. The Morgan fingerprint density at radius 1 is 1.25 bits per heavy atom. The summed E-state index contributed by atoms with van der Waals surface area (Å²) in [5.74, 6) is 2.71. The van der Waals surface area contributed by atoms with E-state index in [1.165, 1.54) is 6.42 Å². The Kier molecular flexibility index (Phi) is 3.13. The third kappa shape index (κ3) is 1.92. The Morgan fingerprint density at radius 3 is 2.56 bits per heavy atom. The van der Waals surface area contributed by atoms with Crippen molar-refractivity contribution in [2.24, 2.45) is 23.7 Å². The molecule has 0 aromatic rings. The lowest BCUT2D eigenvalue weighted by Crippen LogP contribution is -2.52. The van der Waals surface area contributed by atoms with E-state index in [1.807, 2.05) is 6.92 Å². The van der Waals surface area contributed by atoms with E-state index in [1.54, 1.807) is 0 Å². The van der Waals surface area contributed by atoms with E-state index < -0.39 is 5.60 Å². The minimum atomic E-state index is -0.522. The Morgan fingerprint density at radius 2 is 1.94 bits per heavy atom. The van der Waals surface area contributed by atoms with Gasteiger partial charge in [0, 0.05) is 0 Å². The van der Waals surface area contributed by atoms with Gasteiger partial charge in [-0.15, -0.1) is 0 Å². The number of fused-ring (bicyclic) bond motifs is 1. The minimum Gasteiger partial charge on any atom is -0.364 e. The Bertz CT molecular complexity index is 276. The van der Waals surface area contributed by atoms with Crippen LogP contribution in [0.3, 0.4) is 0 Å². The zero-order valence-electron chi connectivity index (χ0n) is 10.9. The van der Waals surface area contributed by atoms with Crippen LogP contribution in [0.2, 0.25) is 0 Å². The van der Waals surface area contributed by atoms with E-state index >= 15 is 0 Å². The lowest BCUT2D eigenvalue weighted by Gasteiger charge is -2.50. The monoisotopic (exact) mass is 224 g/mol. The molecule has 0 aromatic carbocycles. The molecule has 1 heterocycles. The number of rotatable bonds is 1. The maximum Gasteiger partial charge on any atom is 0.151 e. The molecular weight excluding hydrogens is 200 g/mol. The highest BCUT2D eigenvalue weighted by Crippen LogP contribution is 2.46. The molecular formula is C14H24O2. The van der Waals surface area contributed by atoms with Crippen molar-refractivity contribution in [3.8, 4) is 0 Å². The van der Waals surface area contributed by atoms with Gasteiger partial charge >= 0.3 is 0 Å². The van der Waals surface area contributed by atoms with Crippen molar-refractivity contribution >= 4 is 6.29 Å². The third-order valence-electron chi connectivity index (χ3n) is 4.94. The third-order valence-corrected chi connectivity index (χ3v) is 4.94. The standard InChI is InChI=1S/C14H24O2/c1-9-7-10(2)12-5-6-14(4,8-15)16-13(12)11(9)3/h8-13H,5-7H2,1-4H3/t9?,10?,11-,12?,13?,14+/m1/s1. The van der Waals surface area contributed by atoms with E-state index in [2.05, 4.69) is 20.8 Å². The molecule has 2 aliphatic rings. The van der Waals surface area contributed by atoms with Crippen molar-refractivity contribution in [3.63, 3.8) is 0 Å². The number of ether oxygens (including phenoxy) is 1. The summed E-state index contributed by atoms with van der Waals surface area (Å²) in [7, 11) is 0. The molecule has 0 spiro atoms. The molecule has 92 valence electrons. The predicted octanol–water partition coefficient (Wildman–Crippen LogP) is 3.05. The van der Waals surface area contributed by atoms with Gasteiger partial charge in [-0.25, -0.2) is 0 Å². The Labute approximate surface area is 98.7 Å². The quantitative estimate of drug-likeness (QED) is 0.640. The van der Waals surface area contributed by atoms with Gasteiger partial charge in [0.15, 0.2) is 6.29 Å². The maximum atomic E-state index is 11.1. The summed E-state index contributed by atoms with van der Waals surface area (Å²) in [4.78, 5) is 11.1. The fourth-order valence-electron chi connectivity index (χ4n) is 3.57. The lowest BCUT2D eigenvalue weighted by molar-refractivity contribution is -0.189. The van der Waals surface area contributed by atoms with E-state index in [9.17, 15) is 4.79 Å². The van der Waals surface area contributed by atoms with Crippen molar-refractivity contribution in [3.05, 3.63) is 0 Å². The predicted molar refractivity (Wildman–Crippen MR) is 64.2 cm³/mol. The van der Waals surface area contributed by atoms with Crippen LogP contribution in [0.4, 0.5) is 0 Å². The first-order chi connectivity index (χ1) is 7.47. The molecule has 0 amide bonds. The van der Waals surface area contributed by atoms with Gasteiger partial charge in [-0.3, -0.25) is 0 Å². The normalized spacial score (nSPS) is 53.1. The topological polar surface area (TPSA) is 26.3 Å². The van der Waals surface area contributed by atoms with Crippen LogP contribution < -0.4 is 0 Å². The van der Waals surface area contributed by atoms with Crippen LogP contribution in [-0.2, 0) is 9.53 Å². The largest absolute Gasteiger partial charge is 0.364 e. The van der Waals surface area contributed by atoms with Gasteiger partial charge in [0.25, 0.3) is 0 Å².